The minimum absolute atomic E-state index is 0.147. The number of anilines is 1. The lowest BCUT2D eigenvalue weighted by Crippen LogP contribution is -2.38. The van der Waals surface area contributed by atoms with Crippen LogP contribution in [0.15, 0.2) is 24.3 Å². The molecule has 2 heterocycles. The molecule has 0 fully saturated rings. The number of benzene rings is 2. The van der Waals surface area contributed by atoms with E-state index in [-0.39, 0.29) is 17.1 Å². The fourth-order valence-corrected chi connectivity index (χ4v) is 5.02. The van der Waals surface area contributed by atoms with Crippen molar-refractivity contribution in [3.05, 3.63) is 57.9 Å². The van der Waals surface area contributed by atoms with Crippen LogP contribution in [0.5, 0.6) is 5.75 Å². The molecule has 2 aromatic carbocycles. The maximum absolute atomic E-state index is 14.7. The molecule has 2 aliphatic heterocycles. The molecule has 0 spiro atoms. The molecule has 3 aliphatic rings. The number of hydrogen-bond donors (Lipinski definition) is 2. The second kappa shape index (κ2) is 6.31. The van der Waals surface area contributed by atoms with Gasteiger partial charge in [0.25, 0.3) is 0 Å². The zero-order valence-electron chi connectivity index (χ0n) is 16.3. The monoisotopic (exact) mass is 380 g/mol. The van der Waals surface area contributed by atoms with Crippen LogP contribution in [0.1, 0.15) is 54.1 Å². The van der Waals surface area contributed by atoms with Gasteiger partial charge in [-0.2, -0.15) is 0 Å². The normalized spacial score (nSPS) is 21.5. The molecule has 1 atom stereocenters. The van der Waals surface area contributed by atoms with Crippen LogP contribution in [0.2, 0.25) is 0 Å². The van der Waals surface area contributed by atoms with Crippen molar-refractivity contribution in [3.63, 3.8) is 0 Å². The summed E-state index contributed by atoms with van der Waals surface area (Å²) < 4.78 is 20.6. The number of fused-ring (bicyclic) bond motifs is 4. The highest BCUT2D eigenvalue weighted by Gasteiger charge is 2.34. The van der Waals surface area contributed by atoms with Crippen molar-refractivity contribution in [2.24, 2.45) is 0 Å². The van der Waals surface area contributed by atoms with Crippen molar-refractivity contribution in [1.29, 1.82) is 0 Å². The Morgan fingerprint density at radius 2 is 2.07 bits per heavy atom. The number of halogens is 1. The maximum atomic E-state index is 14.7. The average Bonchev–Trinajstić information content (AvgIpc) is 3.25. The van der Waals surface area contributed by atoms with Gasteiger partial charge in [0.05, 0.1) is 6.61 Å². The van der Waals surface area contributed by atoms with E-state index in [1.54, 1.807) is 0 Å². The Kier molecular flexibility index (Phi) is 3.98. The molecule has 1 unspecified atom stereocenters. The fourth-order valence-electron chi connectivity index (χ4n) is 5.02. The summed E-state index contributed by atoms with van der Waals surface area (Å²) in [4.78, 5) is 13.0. The first-order valence-corrected chi connectivity index (χ1v) is 10.1. The lowest BCUT2D eigenvalue weighted by molar-refractivity contribution is -0.118. The van der Waals surface area contributed by atoms with Crippen LogP contribution in [-0.4, -0.2) is 19.1 Å². The smallest absolute Gasteiger partial charge is 0.246 e. The van der Waals surface area contributed by atoms with Crippen molar-refractivity contribution in [1.82, 2.24) is 5.32 Å². The molecule has 146 valence electrons. The molecule has 0 aromatic heterocycles. The molecular weight excluding hydrogens is 355 g/mol. The van der Waals surface area contributed by atoms with Gasteiger partial charge in [-0.3, -0.25) is 4.79 Å². The van der Waals surface area contributed by atoms with Crippen LogP contribution in [0, 0.1) is 5.82 Å². The lowest BCUT2D eigenvalue weighted by atomic mass is 9.86. The largest absolute Gasteiger partial charge is 0.493 e. The van der Waals surface area contributed by atoms with Crippen LogP contribution in [0.3, 0.4) is 0 Å². The van der Waals surface area contributed by atoms with Crippen molar-refractivity contribution in [3.8, 4) is 5.75 Å². The van der Waals surface area contributed by atoms with E-state index >= 15 is 0 Å². The highest BCUT2D eigenvalue weighted by atomic mass is 19.1. The summed E-state index contributed by atoms with van der Waals surface area (Å²) >= 11 is 0. The summed E-state index contributed by atoms with van der Waals surface area (Å²) in [5.74, 6) is 0.580. The number of rotatable bonds is 2. The molecular formula is C23H25FN2O2. The predicted octanol–water partition coefficient (Wildman–Crippen LogP) is 3.81. The van der Waals surface area contributed by atoms with E-state index in [0.717, 1.165) is 60.2 Å². The van der Waals surface area contributed by atoms with Gasteiger partial charge in [-0.15, -0.1) is 0 Å². The van der Waals surface area contributed by atoms with Crippen LogP contribution in [0.25, 0.3) is 0 Å². The molecule has 1 aliphatic carbocycles. The molecule has 5 rings (SSSR count). The predicted molar refractivity (Wildman–Crippen MR) is 106 cm³/mol. The summed E-state index contributed by atoms with van der Waals surface area (Å²) in [5.41, 5.74) is 5.51. The second-order valence-electron chi connectivity index (χ2n) is 8.72. The zero-order chi connectivity index (χ0) is 19.5. The van der Waals surface area contributed by atoms with Crippen molar-refractivity contribution in [2.75, 3.05) is 18.5 Å². The zero-order valence-corrected chi connectivity index (χ0v) is 16.3. The first-order valence-electron chi connectivity index (χ1n) is 10.1. The van der Waals surface area contributed by atoms with Gasteiger partial charge >= 0.3 is 0 Å². The highest BCUT2D eigenvalue weighted by molar-refractivity contribution is 5.96. The number of aryl methyl sites for hydroxylation is 1. The van der Waals surface area contributed by atoms with Crippen LogP contribution in [-0.2, 0) is 29.5 Å². The number of ether oxygens (including phenoxy) is 1. The van der Waals surface area contributed by atoms with Gasteiger partial charge in [0.15, 0.2) is 0 Å². The van der Waals surface area contributed by atoms with Gasteiger partial charge in [0.2, 0.25) is 5.91 Å². The number of carbonyl (C=O) groups excluding carboxylic acids is 1. The standard InChI is InChI=1S/C23H25FN2O2/c1-23(2)8-5-14-11-15(12-18(24)19(14)23)26-22(27)20-16-4-3-13-7-10-28-21(13)17(16)6-9-25-20/h3-4,11-12,20,25H,5-10H2,1-2H3,(H,26,27). The molecule has 0 saturated carbocycles. The Labute approximate surface area is 164 Å². The van der Waals surface area contributed by atoms with Gasteiger partial charge in [-0.05, 0) is 59.1 Å². The minimum atomic E-state index is -0.453. The molecule has 5 heteroatoms. The van der Waals surface area contributed by atoms with Crippen LogP contribution < -0.4 is 15.4 Å². The van der Waals surface area contributed by atoms with Gasteiger partial charge in [0.1, 0.15) is 17.6 Å². The highest BCUT2D eigenvalue weighted by Crippen LogP contribution is 2.41. The summed E-state index contributed by atoms with van der Waals surface area (Å²) in [6.45, 7) is 5.57. The first-order chi connectivity index (χ1) is 13.4. The molecule has 4 nitrogen and oxygen atoms in total. The number of hydrogen-bond acceptors (Lipinski definition) is 3. The van der Waals surface area contributed by atoms with Gasteiger partial charge in [-0.1, -0.05) is 26.0 Å². The molecule has 2 N–H and O–H groups in total. The Balaban J connectivity index is 1.43. The molecule has 2 aromatic rings. The van der Waals surface area contributed by atoms with Gasteiger partial charge in [0, 0.05) is 24.2 Å². The Hall–Kier alpha value is -2.40. The summed E-state index contributed by atoms with van der Waals surface area (Å²) in [7, 11) is 0. The molecule has 0 bridgehead atoms. The SMILES string of the molecule is CC1(C)CCc2cc(NC(=O)C3NCCc4c3ccc3c4OCC3)cc(F)c21. The van der Waals surface area contributed by atoms with Crippen molar-refractivity contribution < 1.29 is 13.9 Å². The van der Waals surface area contributed by atoms with E-state index in [1.165, 1.54) is 11.6 Å². The Morgan fingerprint density at radius 3 is 2.93 bits per heavy atom. The number of carbonyl (C=O) groups is 1. The summed E-state index contributed by atoms with van der Waals surface area (Å²) in [5, 5.41) is 6.24. The van der Waals surface area contributed by atoms with Crippen molar-refractivity contribution >= 4 is 11.6 Å². The maximum Gasteiger partial charge on any atom is 0.246 e. The third kappa shape index (κ3) is 2.72. The van der Waals surface area contributed by atoms with Crippen LogP contribution >= 0.6 is 0 Å². The van der Waals surface area contributed by atoms with E-state index in [2.05, 4.69) is 30.5 Å². The first kappa shape index (κ1) is 17.7. The van der Waals surface area contributed by atoms with Crippen LogP contribution in [0.4, 0.5) is 10.1 Å². The third-order valence-electron chi connectivity index (χ3n) is 6.43. The van der Waals surface area contributed by atoms with Gasteiger partial charge < -0.3 is 15.4 Å². The third-order valence-corrected chi connectivity index (χ3v) is 6.43. The molecule has 1 amide bonds. The number of amides is 1. The number of nitrogens with one attached hydrogen (secondary N) is 2. The molecule has 0 saturated heterocycles. The second-order valence-corrected chi connectivity index (χ2v) is 8.72. The van der Waals surface area contributed by atoms with E-state index in [9.17, 15) is 9.18 Å². The topological polar surface area (TPSA) is 50.4 Å². The lowest BCUT2D eigenvalue weighted by Gasteiger charge is -2.27. The Bertz CT molecular complexity index is 983. The van der Waals surface area contributed by atoms with Crippen molar-refractivity contribution in [2.45, 2.75) is 51.0 Å². The molecule has 28 heavy (non-hydrogen) atoms. The van der Waals surface area contributed by atoms with E-state index in [1.807, 2.05) is 12.1 Å². The minimum Gasteiger partial charge on any atom is -0.493 e. The molecule has 0 radical (unpaired) electrons. The van der Waals surface area contributed by atoms with E-state index < -0.39 is 6.04 Å². The van der Waals surface area contributed by atoms with E-state index in [0.29, 0.717) is 12.3 Å². The average molecular weight is 380 g/mol. The summed E-state index contributed by atoms with van der Waals surface area (Å²) in [6.07, 6.45) is 3.55. The summed E-state index contributed by atoms with van der Waals surface area (Å²) in [6, 6.07) is 7.03. The Morgan fingerprint density at radius 1 is 1.21 bits per heavy atom. The quantitative estimate of drug-likeness (QED) is 0.833. The van der Waals surface area contributed by atoms with Gasteiger partial charge in [-0.25, -0.2) is 4.39 Å². The fraction of sp³-hybridized carbons (Fsp3) is 0.435. The van der Waals surface area contributed by atoms with E-state index in [4.69, 9.17) is 4.74 Å².